The fraction of sp³-hybridized carbons (Fsp3) is 0.591. The molecule has 0 aliphatic carbocycles. The average Bonchev–Trinajstić information content (AvgIpc) is 3.15. The number of aromatic nitrogens is 3. The molecule has 1 N–H and O–H groups in total. The zero-order chi connectivity index (χ0) is 21.6. The second kappa shape index (κ2) is 9.89. The lowest BCUT2D eigenvalue weighted by molar-refractivity contribution is 0.371. The van der Waals surface area contributed by atoms with Crippen LogP contribution in [0.5, 0.6) is 5.75 Å². The van der Waals surface area contributed by atoms with Gasteiger partial charge in [0.25, 0.3) is 0 Å². The maximum Gasteiger partial charge on any atom is 0.345 e. The lowest BCUT2D eigenvalue weighted by Crippen LogP contribution is -2.52. The van der Waals surface area contributed by atoms with Crippen LogP contribution in [0.25, 0.3) is 0 Å². The number of ether oxygens (including phenoxy) is 1. The minimum Gasteiger partial charge on any atom is -0.497 e. The van der Waals surface area contributed by atoms with E-state index in [-0.39, 0.29) is 5.69 Å². The summed E-state index contributed by atoms with van der Waals surface area (Å²) in [6.07, 6.45) is 3.94. The number of aryl methyl sites for hydroxylation is 2. The highest BCUT2D eigenvalue weighted by Gasteiger charge is 2.20. The lowest BCUT2D eigenvalue weighted by Gasteiger charge is -2.37. The highest BCUT2D eigenvalue weighted by atomic mass is 16.5. The Kier molecular flexibility index (Phi) is 6.79. The Morgan fingerprint density at radius 3 is 2.58 bits per heavy atom. The molecule has 3 heterocycles. The van der Waals surface area contributed by atoms with Crippen LogP contribution in [0.1, 0.15) is 25.1 Å². The van der Waals surface area contributed by atoms with E-state index in [0.29, 0.717) is 6.54 Å². The maximum absolute atomic E-state index is 12.4. The van der Waals surface area contributed by atoms with Crippen molar-refractivity contribution in [2.24, 2.45) is 4.99 Å². The minimum absolute atomic E-state index is 0.0359. The van der Waals surface area contributed by atoms with Crippen LogP contribution in [0.15, 0.2) is 34.1 Å². The van der Waals surface area contributed by atoms with Crippen molar-refractivity contribution in [3.05, 3.63) is 40.6 Å². The smallest absolute Gasteiger partial charge is 0.345 e. The van der Waals surface area contributed by atoms with Gasteiger partial charge in [-0.3, -0.25) is 9.56 Å². The van der Waals surface area contributed by atoms with Gasteiger partial charge in [-0.25, -0.2) is 9.48 Å². The summed E-state index contributed by atoms with van der Waals surface area (Å²) in [4.78, 5) is 21.6. The van der Waals surface area contributed by atoms with Gasteiger partial charge in [-0.2, -0.15) is 5.10 Å². The van der Waals surface area contributed by atoms with Gasteiger partial charge in [0.2, 0.25) is 0 Å². The molecular formula is C22H33N7O2. The first-order valence-corrected chi connectivity index (χ1v) is 11.2. The monoisotopic (exact) mass is 427 g/mol. The lowest BCUT2D eigenvalue weighted by atomic mass is 10.2. The van der Waals surface area contributed by atoms with Gasteiger partial charge in [-0.15, -0.1) is 0 Å². The van der Waals surface area contributed by atoms with E-state index in [0.717, 1.165) is 82.5 Å². The number of benzene rings is 1. The van der Waals surface area contributed by atoms with E-state index < -0.39 is 0 Å². The van der Waals surface area contributed by atoms with Crippen molar-refractivity contribution in [3.8, 4) is 5.75 Å². The molecule has 31 heavy (non-hydrogen) atoms. The van der Waals surface area contributed by atoms with Gasteiger partial charge in [0.1, 0.15) is 11.6 Å². The number of aliphatic imine (C=N–C) groups is 1. The molecule has 1 aromatic carbocycles. The minimum atomic E-state index is 0.0359. The van der Waals surface area contributed by atoms with Gasteiger partial charge in [0.05, 0.1) is 7.11 Å². The van der Waals surface area contributed by atoms with Crippen LogP contribution < -0.4 is 20.6 Å². The van der Waals surface area contributed by atoms with Crippen molar-refractivity contribution in [3.63, 3.8) is 0 Å². The summed E-state index contributed by atoms with van der Waals surface area (Å²) in [5, 5.41) is 7.96. The highest BCUT2D eigenvalue weighted by molar-refractivity contribution is 5.80. The van der Waals surface area contributed by atoms with E-state index in [1.165, 1.54) is 5.69 Å². The van der Waals surface area contributed by atoms with Crippen molar-refractivity contribution >= 4 is 11.6 Å². The third-order valence-electron chi connectivity index (χ3n) is 6.09. The zero-order valence-corrected chi connectivity index (χ0v) is 18.6. The van der Waals surface area contributed by atoms with Crippen molar-refractivity contribution < 1.29 is 4.74 Å². The summed E-state index contributed by atoms with van der Waals surface area (Å²) in [5.74, 6) is 2.74. The van der Waals surface area contributed by atoms with Gasteiger partial charge in [-0.1, -0.05) is 0 Å². The van der Waals surface area contributed by atoms with Gasteiger partial charge < -0.3 is 19.9 Å². The zero-order valence-electron chi connectivity index (χ0n) is 18.6. The molecule has 1 fully saturated rings. The molecule has 168 valence electrons. The molecule has 0 spiro atoms. The van der Waals surface area contributed by atoms with Crippen molar-refractivity contribution in [1.82, 2.24) is 24.6 Å². The Bertz CT molecular complexity index is 940. The number of fused-ring (bicyclic) bond motifs is 1. The van der Waals surface area contributed by atoms with Crippen LogP contribution in [0.2, 0.25) is 0 Å². The molecule has 1 saturated heterocycles. The molecule has 0 saturated carbocycles. The number of hydrogen-bond donors (Lipinski definition) is 1. The summed E-state index contributed by atoms with van der Waals surface area (Å²) in [7, 11) is 3.51. The third kappa shape index (κ3) is 4.86. The topological polar surface area (TPSA) is 79.9 Å². The van der Waals surface area contributed by atoms with Gasteiger partial charge in [-0.05, 0) is 43.5 Å². The van der Waals surface area contributed by atoms with E-state index in [4.69, 9.17) is 4.74 Å². The maximum atomic E-state index is 12.4. The van der Waals surface area contributed by atoms with E-state index in [2.05, 4.69) is 37.3 Å². The fourth-order valence-electron chi connectivity index (χ4n) is 4.32. The number of nitrogens with zero attached hydrogens (tertiary/aromatic N) is 6. The fourth-order valence-corrected chi connectivity index (χ4v) is 4.32. The first-order valence-electron chi connectivity index (χ1n) is 11.2. The predicted octanol–water partition coefficient (Wildman–Crippen LogP) is 1.18. The van der Waals surface area contributed by atoms with E-state index in [9.17, 15) is 4.79 Å². The third-order valence-corrected chi connectivity index (χ3v) is 6.09. The van der Waals surface area contributed by atoms with Crippen molar-refractivity contribution in [2.45, 2.75) is 38.8 Å². The molecule has 2 aliphatic rings. The molecule has 9 nitrogen and oxygen atoms in total. The van der Waals surface area contributed by atoms with Gasteiger partial charge in [0.15, 0.2) is 5.96 Å². The molecule has 4 rings (SSSR count). The Morgan fingerprint density at radius 2 is 1.90 bits per heavy atom. The SMILES string of the molecule is CN=C(NCCCn1nc2n(c1=O)CCCC2)N1CCN(c2ccc(OC)cc2)CC1. The largest absolute Gasteiger partial charge is 0.497 e. The number of methoxy groups -OCH3 is 1. The molecule has 2 aromatic rings. The standard InChI is InChI=1S/C22H33N7O2/c1-23-21(24-11-5-13-29-22(30)28-12-4-3-6-20(28)25-29)27-16-14-26(15-17-27)18-7-9-19(31-2)10-8-18/h7-10H,3-6,11-17H2,1-2H3,(H,23,24). The Morgan fingerprint density at radius 1 is 1.13 bits per heavy atom. The van der Waals surface area contributed by atoms with E-state index in [1.54, 1.807) is 11.8 Å². The first kappa shape index (κ1) is 21.3. The molecule has 9 heteroatoms. The van der Waals surface area contributed by atoms with Crippen LogP contribution in [0.4, 0.5) is 5.69 Å². The summed E-state index contributed by atoms with van der Waals surface area (Å²) in [5.41, 5.74) is 1.25. The number of anilines is 1. The Labute approximate surface area is 183 Å². The number of rotatable bonds is 6. The van der Waals surface area contributed by atoms with Gasteiger partial charge in [0, 0.05) is 65.0 Å². The second-order valence-electron chi connectivity index (χ2n) is 8.03. The van der Waals surface area contributed by atoms with Crippen molar-refractivity contribution in [2.75, 3.05) is 51.8 Å². The summed E-state index contributed by atoms with van der Waals surface area (Å²) in [6.45, 7) is 5.93. The molecule has 0 amide bonds. The summed E-state index contributed by atoms with van der Waals surface area (Å²) < 4.78 is 8.70. The number of hydrogen-bond acceptors (Lipinski definition) is 5. The summed E-state index contributed by atoms with van der Waals surface area (Å²) in [6, 6.07) is 8.22. The van der Waals surface area contributed by atoms with Crippen LogP contribution in [0, 0.1) is 0 Å². The second-order valence-corrected chi connectivity index (χ2v) is 8.03. The summed E-state index contributed by atoms with van der Waals surface area (Å²) >= 11 is 0. The van der Waals surface area contributed by atoms with Crippen LogP contribution in [-0.4, -0.2) is 72.1 Å². The molecule has 1 aromatic heterocycles. The number of nitrogens with one attached hydrogen (secondary N) is 1. The Hall–Kier alpha value is -2.97. The first-order chi connectivity index (χ1) is 15.2. The molecule has 0 radical (unpaired) electrons. The molecule has 0 atom stereocenters. The van der Waals surface area contributed by atoms with Crippen LogP contribution >= 0.6 is 0 Å². The highest BCUT2D eigenvalue weighted by Crippen LogP contribution is 2.20. The quantitative estimate of drug-likeness (QED) is 0.424. The number of piperazine rings is 1. The van der Waals surface area contributed by atoms with E-state index >= 15 is 0 Å². The van der Waals surface area contributed by atoms with Crippen LogP contribution in [-0.2, 0) is 19.5 Å². The average molecular weight is 428 g/mol. The molecular weight excluding hydrogens is 394 g/mol. The Balaban J connectivity index is 1.23. The molecule has 0 unspecified atom stereocenters. The van der Waals surface area contributed by atoms with Crippen LogP contribution in [0.3, 0.4) is 0 Å². The predicted molar refractivity (Wildman–Crippen MR) is 122 cm³/mol. The molecule has 0 bridgehead atoms. The van der Waals surface area contributed by atoms with E-state index in [1.807, 2.05) is 23.7 Å². The van der Waals surface area contributed by atoms with Gasteiger partial charge >= 0.3 is 5.69 Å². The van der Waals surface area contributed by atoms with Crippen molar-refractivity contribution in [1.29, 1.82) is 0 Å². The normalized spacial score (nSPS) is 16.9. The number of guanidine groups is 1. The molecule has 2 aliphatic heterocycles.